The van der Waals surface area contributed by atoms with Gasteiger partial charge in [0.1, 0.15) is 0 Å². The van der Waals surface area contributed by atoms with Crippen molar-refractivity contribution in [3.63, 3.8) is 0 Å². The Morgan fingerprint density at radius 3 is 2.27 bits per heavy atom. The van der Waals surface area contributed by atoms with Crippen LogP contribution in [0.15, 0.2) is 0 Å². The Balaban J connectivity index is 0. The van der Waals surface area contributed by atoms with Crippen molar-refractivity contribution in [2.45, 2.75) is 26.0 Å². The molecule has 0 saturated carbocycles. The minimum Gasteiger partial charge on any atom is -0.735 e. The Morgan fingerprint density at radius 1 is 1.47 bits per heavy atom. The van der Waals surface area contributed by atoms with Crippen LogP contribution in [0.3, 0.4) is 0 Å². The van der Waals surface area contributed by atoms with Crippen LogP contribution in [0.5, 0.6) is 0 Å². The molecule has 15 heavy (non-hydrogen) atoms. The van der Waals surface area contributed by atoms with Gasteiger partial charge in [-0.3, -0.25) is 0 Å². The maximum atomic E-state index is 10.4. The third-order valence-corrected chi connectivity index (χ3v) is 2.52. The van der Waals surface area contributed by atoms with Crippen LogP contribution < -0.4 is 56.7 Å². The van der Waals surface area contributed by atoms with Crippen molar-refractivity contribution >= 4 is 10.3 Å². The standard InChI is InChI=1S/C7H18N2O4S.K/c1-6(2)8-4-7(10)5-9(3)14(11,12)13;/h6-8,10H,4-5H2,1-3H3,(H,11,12,13);/q;+1/p-1. The summed E-state index contributed by atoms with van der Waals surface area (Å²) in [6.07, 6.45) is -0.869. The van der Waals surface area contributed by atoms with Gasteiger partial charge in [-0.05, 0) is 0 Å². The molecule has 0 radical (unpaired) electrons. The first kappa shape index (κ1) is 18.8. The molecule has 2 N–H and O–H groups in total. The van der Waals surface area contributed by atoms with E-state index in [2.05, 4.69) is 5.32 Å². The number of nitrogens with one attached hydrogen (secondary N) is 1. The third-order valence-electron chi connectivity index (χ3n) is 1.61. The van der Waals surface area contributed by atoms with Crippen LogP contribution in [-0.2, 0) is 10.3 Å². The smallest absolute Gasteiger partial charge is 0.735 e. The molecule has 0 aliphatic carbocycles. The topological polar surface area (TPSA) is 92.7 Å². The van der Waals surface area contributed by atoms with Crippen LogP contribution in [0, 0.1) is 0 Å². The summed E-state index contributed by atoms with van der Waals surface area (Å²) in [5.74, 6) is 0. The third kappa shape index (κ3) is 10.3. The molecule has 0 bridgehead atoms. The molecule has 0 saturated heterocycles. The van der Waals surface area contributed by atoms with E-state index in [1.54, 1.807) is 0 Å². The number of hydrogen-bond acceptors (Lipinski definition) is 5. The molecule has 0 aromatic rings. The molecule has 0 aliphatic rings. The van der Waals surface area contributed by atoms with E-state index in [0.29, 0.717) is 4.31 Å². The zero-order chi connectivity index (χ0) is 11.4. The van der Waals surface area contributed by atoms with E-state index in [-0.39, 0.29) is 70.5 Å². The van der Waals surface area contributed by atoms with E-state index in [9.17, 15) is 18.1 Å². The Bertz CT molecular complexity index is 258. The van der Waals surface area contributed by atoms with Crippen LogP contribution in [0.25, 0.3) is 0 Å². The molecule has 86 valence electrons. The predicted molar refractivity (Wildman–Crippen MR) is 51.5 cm³/mol. The van der Waals surface area contributed by atoms with Gasteiger partial charge in [-0.15, -0.1) is 0 Å². The second kappa shape index (κ2) is 8.51. The summed E-state index contributed by atoms with van der Waals surface area (Å²) < 4.78 is 31.9. The Labute approximate surface area is 134 Å². The number of aliphatic hydroxyl groups is 1. The molecule has 6 nitrogen and oxygen atoms in total. The summed E-state index contributed by atoms with van der Waals surface area (Å²) in [6, 6.07) is 0.207. The molecule has 0 rings (SSSR count). The van der Waals surface area contributed by atoms with E-state index in [1.807, 2.05) is 13.8 Å². The van der Waals surface area contributed by atoms with Crippen molar-refractivity contribution in [2.24, 2.45) is 0 Å². The summed E-state index contributed by atoms with van der Waals surface area (Å²) in [6.45, 7) is 3.88. The van der Waals surface area contributed by atoms with Crippen LogP contribution in [0.1, 0.15) is 13.8 Å². The molecule has 1 atom stereocenters. The second-order valence-corrected chi connectivity index (χ2v) is 4.93. The molecular weight excluding hydrogens is 247 g/mol. The van der Waals surface area contributed by atoms with Gasteiger partial charge >= 0.3 is 51.4 Å². The first-order chi connectivity index (χ1) is 6.23. The Kier molecular flexibility index (Phi) is 10.7. The van der Waals surface area contributed by atoms with Gasteiger partial charge in [0.05, 0.1) is 6.10 Å². The zero-order valence-corrected chi connectivity index (χ0v) is 13.5. The number of rotatable bonds is 6. The molecule has 0 spiro atoms. The first-order valence-corrected chi connectivity index (χ1v) is 5.68. The van der Waals surface area contributed by atoms with Gasteiger partial charge in [-0.2, -0.15) is 0 Å². The molecule has 1 unspecified atom stereocenters. The monoisotopic (exact) mass is 264 g/mol. The van der Waals surface area contributed by atoms with Crippen molar-refractivity contribution in [1.29, 1.82) is 0 Å². The maximum absolute atomic E-state index is 10.4. The first-order valence-electron chi connectivity index (χ1n) is 4.32. The summed E-state index contributed by atoms with van der Waals surface area (Å²) in [5.41, 5.74) is 0. The summed E-state index contributed by atoms with van der Waals surface area (Å²) in [5, 5.41) is 12.3. The molecule has 0 fully saturated rings. The predicted octanol–water partition coefficient (Wildman–Crippen LogP) is -4.26. The van der Waals surface area contributed by atoms with Crippen molar-refractivity contribution < 1.29 is 69.5 Å². The van der Waals surface area contributed by atoms with Crippen LogP contribution >= 0.6 is 0 Å². The minimum atomic E-state index is -4.44. The van der Waals surface area contributed by atoms with E-state index >= 15 is 0 Å². The molecule has 0 aliphatic heterocycles. The maximum Gasteiger partial charge on any atom is 1.00 e. The van der Waals surface area contributed by atoms with E-state index in [4.69, 9.17) is 0 Å². The van der Waals surface area contributed by atoms with E-state index in [1.165, 1.54) is 0 Å². The molecule has 0 aromatic heterocycles. The van der Waals surface area contributed by atoms with Gasteiger partial charge in [-0.1, -0.05) is 13.8 Å². The number of likely N-dealkylation sites (N-methyl/N-ethyl adjacent to an activating group) is 1. The van der Waals surface area contributed by atoms with Gasteiger partial charge in [0.2, 0.25) is 0 Å². The van der Waals surface area contributed by atoms with Crippen LogP contribution in [-0.4, -0.2) is 54.7 Å². The number of nitrogens with zero attached hydrogens (tertiary/aromatic N) is 1. The fraction of sp³-hybridized carbons (Fsp3) is 1.00. The van der Waals surface area contributed by atoms with Gasteiger partial charge in [0.25, 0.3) is 0 Å². The average molecular weight is 264 g/mol. The SMILES string of the molecule is CC(C)NCC(O)CN(C)S(=O)(=O)[O-].[K+]. The Hall–Kier alpha value is 1.43. The summed E-state index contributed by atoms with van der Waals surface area (Å²) in [4.78, 5) is 0. The van der Waals surface area contributed by atoms with Gasteiger partial charge in [0.15, 0.2) is 10.3 Å². The van der Waals surface area contributed by atoms with Crippen molar-refractivity contribution in [2.75, 3.05) is 20.1 Å². The van der Waals surface area contributed by atoms with Crippen molar-refractivity contribution in [1.82, 2.24) is 9.62 Å². The van der Waals surface area contributed by atoms with Crippen LogP contribution in [0.2, 0.25) is 0 Å². The Morgan fingerprint density at radius 2 is 1.93 bits per heavy atom. The fourth-order valence-corrected chi connectivity index (χ4v) is 1.18. The minimum absolute atomic E-state index is 0. The summed E-state index contributed by atoms with van der Waals surface area (Å²) >= 11 is 0. The molecule has 0 heterocycles. The largest absolute Gasteiger partial charge is 1.00 e. The van der Waals surface area contributed by atoms with Gasteiger partial charge in [-0.25, -0.2) is 12.7 Å². The quantitative estimate of drug-likeness (QED) is 0.374. The van der Waals surface area contributed by atoms with Gasteiger partial charge < -0.3 is 15.0 Å². The van der Waals surface area contributed by atoms with E-state index in [0.717, 1.165) is 7.05 Å². The molecule has 8 heteroatoms. The number of hydrogen-bond donors (Lipinski definition) is 2. The fourth-order valence-electron chi connectivity index (χ4n) is 0.824. The second-order valence-electron chi connectivity index (χ2n) is 3.45. The van der Waals surface area contributed by atoms with E-state index < -0.39 is 16.4 Å². The van der Waals surface area contributed by atoms with Crippen LogP contribution in [0.4, 0.5) is 0 Å². The molecule has 0 aromatic carbocycles. The molecular formula is C7H17KN2O4S. The average Bonchev–Trinajstić information content (AvgIpc) is 1.99. The number of aliphatic hydroxyl groups excluding tert-OH is 1. The normalized spacial score (nSPS) is 14.1. The molecule has 0 amide bonds. The van der Waals surface area contributed by atoms with Crippen molar-refractivity contribution in [3.8, 4) is 0 Å². The zero-order valence-electron chi connectivity index (χ0n) is 9.60. The van der Waals surface area contributed by atoms with Gasteiger partial charge in [0, 0.05) is 26.2 Å². The van der Waals surface area contributed by atoms with Crippen molar-refractivity contribution in [3.05, 3.63) is 0 Å². The summed E-state index contributed by atoms with van der Waals surface area (Å²) in [7, 11) is -3.30.